The molecule has 0 spiro atoms. The molecular weight excluding hydrogens is 220 g/mol. The lowest BCUT2D eigenvalue weighted by Crippen LogP contribution is -2.13. The summed E-state index contributed by atoms with van der Waals surface area (Å²) >= 11 is 0. The van der Waals surface area contributed by atoms with Crippen molar-refractivity contribution >= 4 is 0 Å². The van der Waals surface area contributed by atoms with Gasteiger partial charge >= 0.3 is 0 Å². The average molecular weight is 236 g/mol. The standard InChI is InChI=1S/C12H16N2O3/c1-9-10(4-7-17-9)12(15)11-3-5-13-14(11)6-8-16-2/h3-5,7,12,15H,6,8H2,1-2H3. The van der Waals surface area contributed by atoms with Gasteiger partial charge < -0.3 is 14.3 Å². The summed E-state index contributed by atoms with van der Waals surface area (Å²) in [5.74, 6) is 0.719. The molecule has 0 aromatic carbocycles. The molecule has 1 unspecified atom stereocenters. The molecule has 2 aromatic heterocycles. The maximum absolute atomic E-state index is 10.3. The van der Waals surface area contributed by atoms with E-state index in [4.69, 9.17) is 9.15 Å². The average Bonchev–Trinajstić information content (AvgIpc) is 2.94. The molecule has 0 saturated carbocycles. The van der Waals surface area contributed by atoms with Crippen LogP contribution in [0.25, 0.3) is 0 Å². The van der Waals surface area contributed by atoms with Crippen LogP contribution in [-0.2, 0) is 11.3 Å². The second-order valence-electron chi connectivity index (χ2n) is 3.81. The summed E-state index contributed by atoms with van der Waals surface area (Å²) in [7, 11) is 1.64. The van der Waals surface area contributed by atoms with Gasteiger partial charge in [-0.2, -0.15) is 5.10 Å². The highest BCUT2D eigenvalue weighted by atomic mass is 16.5. The Labute approximate surface area is 99.6 Å². The predicted molar refractivity (Wildman–Crippen MR) is 61.6 cm³/mol. The number of hydrogen-bond acceptors (Lipinski definition) is 4. The number of aryl methyl sites for hydroxylation is 1. The summed E-state index contributed by atoms with van der Waals surface area (Å²) in [5.41, 5.74) is 1.51. The Morgan fingerprint density at radius 1 is 1.53 bits per heavy atom. The fourth-order valence-corrected chi connectivity index (χ4v) is 1.78. The van der Waals surface area contributed by atoms with E-state index < -0.39 is 6.10 Å². The fraction of sp³-hybridized carbons (Fsp3) is 0.417. The summed E-state index contributed by atoms with van der Waals surface area (Å²) in [6, 6.07) is 3.57. The van der Waals surface area contributed by atoms with Gasteiger partial charge in [-0.05, 0) is 19.1 Å². The highest BCUT2D eigenvalue weighted by molar-refractivity contribution is 5.26. The van der Waals surface area contributed by atoms with Crippen molar-refractivity contribution in [2.75, 3.05) is 13.7 Å². The number of aromatic nitrogens is 2. The first-order valence-corrected chi connectivity index (χ1v) is 5.46. The monoisotopic (exact) mass is 236 g/mol. The van der Waals surface area contributed by atoms with E-state index in [2.05, 4.69) is 5.10 Å². The summed E-state index contributed by atoms with van der Waals surface area (Å²) in [6.07, 6.45) is 2.53. The molecule has 0 bridgehead atoms. The maximum atomic E-state index is 10.3. The van der Waals surface area contributed by atoms with Gasteiger partial charge in [0.25, 0.3) is 0 Å². The molecule has 0 saturated heterocycles. The number of ether oxygens (including phenoxy) is 1. The zero-order valence-electron chi connectivity index (χ0n) is 9.96. The minimum Gasteiger partial charge on any atom is -0.469 e. The summed E-state index contributed by atoms with van der Waals surface area (Å²) in [5, 5.41) is 14.4. The van der Waals surface area contributed by atoms with Gasteiger partial charge in [-0.1, -0.05) is 0 Å². The van der Waals surface area contributed by atoms with Crippen LogP contribution in [0.2, 0.25) is 0 Å². The third kappa shape index (κ3) is 2.40. The Hall–Kier alpha value is -1.59. The minimum absolute atomic E-state index is 0.561. The number of nitrogens with zero attached hydrogens (tertiary/aromatic N) is 2. The van der Waals surface area contributed by atoms with Gasteiger partial charge in [0.05, 0.1) is 25.1 Å². The van der Waals surface area contributed by atoms with E-state index in [1.807, 2.05) is 6.92 Å². The predicted octanol–water partition coefficient (Wildman–Crippen LogP) is 1.51. The molecule has 92 valence electrons. The van der Waals surface area contributed by atoms with Crippen LogP contribution in [0.4, 0.5) is 0 Å². The Bertz CT molecular complexity index is 476. The van der Waals surface area contributed by atoms with Crippen molar-refractivity contribution in [2.24, 2.45) is 0 Å². The lowest BCUT2D eigenvalue weighted by Gasteiger charge is -2.12. The molecule has 1 atom stereocenters. The third-order valence-electron chi connectivity index (χ3n) is 2.73. The van der Waals surface area contributed by atoms with E-state index in [1.54, 1.807) is 36.4 Å². The van der Waals surface area contributed by atoms with E-state index in [1.165, 1.54) is 0 Å². The van der Waals surface area contributed by atoms with Crippen LogP contribution in [0.5, 0.6) is 0 Å². The summed E-state index contributed by atoms with van der Waals surface area (Å²) < 4.78 is 11.9. The number of aliphatic hydroxyl groups excluding tert-OH is 1. The van der Waals surface area contributed by atoms with Crippen LogP contribution >= 0.6 is 0 Å². The lowest BCUT2D eigenvalue weighted by atomic mass is 10.1. The summed E-state index contributed by atoms with van der Waals surface area (Å²) in [4.78, 5) is 0. The van der Waals surface area contributed by atoms with Crippen LogP contribution in [0.15, 0.2) is 29.0 Å². The van der Waals surface area contributed by atoms with Gasteiger partial charge in [-0.3, -0.25) is 4.68 Å². The Morgan fingerprint density at radius 2 is 2.35 bits per heavy atom. The van der Waals surface area contributed by atoms with Gasteiger partial charge in [0.1, 0.15) is 11.9 Å². The maximum Gasteiger partial charge on any atom is 0.124 e. The zero-order valence-corrected chi connectivity index (χ0v) is 9.96. The first kappa shape index (κ1) is 11.9. The van der Waals surface area contributed by atoms with Crippen molar-refractivity contribution in [1.29, 1.82) is 0 Å². The number of methoxy groups -OCH3 is 1. The number of rotatable bonds is 5. The Morgan fingerprint density at radius 3 is 3.00 bits per heavy atom. The van der Waals surface area contributed by atoms with Crippen molar-refractivity contribution in [1.82, 2.24) is 9.78 Å². The minimum atomic E-state index is -0.715. The number of aliphatic hydroxyl groups is 1. The number of hydrogen-bond donors (Lipinski definition) is 1. The highest BCUT2D eigenvalue weighted by Gasteiger charge is 2.18. The van der Waals surface area contributed by atoms with Crippen molar-refractivity contribution < 1.29 is 14.3 Å². The van der Waals surface area contributed by atoms with Crippen LogP contribution in [0.1, 0.15) is 23.1 Å². The SMILES string of the molecule is COCCn1nccc1C(O)c1ccoc1C. The quantitative estimate of drug-likeness (QED) is 0.854. The van der Waals surface area contributed by atoms with Gasteiger partial charge in [0, 0.05) is 18.9 Å². The first-order valence-electron chi connectivity index (χ1n) is 5.46. The largest absolute Gasteiger partial charge is 0.469 e. The van der Waals surface area contributed by atoms with Crippen LogP contribution in [0, 0.1) is 6.92 Å². The molecule has 0 radical (unpaired) electrons. The van der Waals surface area contributed by atoms with Crippen LogP contribution < -0.4 is 0 Å². The molecule has 2 heterocycles. The smallest absolute Gasteiger partial charge is 0.124 e. The van der Waals surface area contributed by atoms with Crippen LogP contribution in [-0.4, -0.2) is 28.6 Å². The molecule has 2 rings (SSSR count). The van der Waals surface area contributed by atoms with Crippen LogP contribution in [0.3, 0.4) is 0 Å². The van der Waals surface area contributed by atoms with E-state index in [-0.39, 0.29) is 0 Å². The van der Waals surface area contributed by atoms with Gasteiger partial charge in [0.2, 0.25) is 0 Å². The van der Waals surface area contributed by atoms with E-state index in [9.17, 15) is 5.11 Å². The molecule has 17 heavy (non-hydrogen) atoms. The second kappa shape index (κ2) is 5.16. The lowest BCUT2D eigenvalue weighted by molar-refractivity contribution is 0.171. The molecular formula is C12H16N2O3. The first-order chi connectivity index (χ1) is 8.24. The fourth-order valence-electron chi connectivity index (χ4n) is 1.78. The van der Waals surface area contributed by atoms with E-state index in [0.29, 0.717) is 13.2 Å². The number of furan rings is 1. The van der Waals surface area contributed by atoms with Crippen molar-refractivity contribution in [3.05, 3.63) is 41.6 Å². The van der Waals surface area contributed by atoms with Crippen molar-refractivity contribution in [3.8, 4) is 0 Å². The molecule has 0 amide bonds. The molecule has 0 aliphatic carbocycles. The summed E-state index contributed by atoms with van der Waals surface area (Å²) in [6.45, 7) is 3.01. The Balaban J connectivity index is 2.22. The van der Waals surface area contributed by atoms with Crippen molar-refractivity contribution in [3.63, 3.8) is 0 Å². The molecule has 0 aliphatic rings. The van der Waals surface area contributed by atoms with E-state index >= 15 is 0 Å². The normalized spacial score (nSPS) is 12.9. The van der Waals surface area contributed by atoms with Crippen molar-refractivity contribution in [2.45, 2.75) is 19.6 Å². The van der Waals surface area contributed by atoms with Gasteiger partial charge in [-0.25, -0.2) is 0 Å². The topological polar surface area (TPSA) is 60.4 Å². The molecule has 0 aliphatic heterocycles. The van der Waals surface area contributed by atoms with E-state index in [0.717, 1.165) is 17.0 Å². The molecule has 5 nitrogen and oxygen atoms in total. The zero-order chi connectivity index (χ0) is 12.3. The van der Waals surface area contributed by atoms with Gasteiger partial charge in [0.15, 0.2) is 0 Å². The highest BCUT2D eigenvalue weighted by Crippen LogP contribution is 2.25. The molecule has 0 fully saturated rings. The molecule has 1 N–H and O–H groups in total. The van der Waals surface area contributed by atoms with Gasteiger partial charge in [-0.15, -0.1) is 0 Å². The second-order valence-corrected chi connectivity index (χ2v) is 3.81. The Kier molecular flexibility index (Phi) is 3.61. The molecule has 2 aromatic rings. The third-order valence-corrected chi connectivity index (χ3v) is 2.73. The molecule has 5 heteroatoms.